The maximum atomic E-state index is 11.9. The highest BCUT2D eigenvalue weighted by Gasteiger charge is 2.10. The molecule has 0 aliphatic rings. The Labute approximate surface area is 132 Å². The predicted octanol–water partition coefficient (Wildman–Crippen LogP) is 3.90. The summed E-state index contributed by atoms with van der Waals surface area (Å²) in [5.74, 6) is 0.0616. The first-order chi connectivity index (χ1) is 10.2. The van der Waals surface area contributed by atoms with Crippen molar-refractivity contribution in [3.05, 3.63) is 58.0 Å². The Bertz CT molecular complexity index is 595. The van der Waals surface area contributed by atoms with E-state index in [1.165, 1.54) is 0 Å². The predicted molar refractivity (Wildman–Crippen MR) is 84.0 cm³/mol. The summed E-state index contributed by atoms with van der Waals surface area (Å²) in [6.07, 6.45) is 0.992. The molecule has 0 bridgehead atoms. The third-order valence-corrected chi connectivity index (χ3v) is 3.39. The molecular formula is C16H18BrNO3. The van der Waals surface area contributed by atoms with Gasteiger partial charge in [0.2, 0.25) is 0 Å². The van der Waals surface area contributed by atoms with Gasteiger partial charge in [-0.1, -0.05) is 31.2 Å². The SMILES string of the molecule is CCCOCc1ccccc1CNC(=O)c1ccc(Br)o1. The van der Waals surface area contributed by atoms with Crippen molar-refractivity contribution in [3.8, 4) is 0 Å². The third kappa shape index (κ3) is 4.72. The number of rotatable bonds is 7. The summed E-state index contributed by atoms with van der Waals surface area (Å²) < 4.78 is 11.3. The van der Waals surface area contributed by atoms with Gasteiger partial charge >= 0.3 is 0 Å². The van der Waals surface area contributed by atoms with Crippen LogP contribution in [-0.4, -0.2) is 12.5 Å². The van der Waals surface area contributed by atoms with E-state index in [-0.39, 0.29) is 5.91 Å². The second kappa shape index (κ2) is 8.00. The lowest BCUT2D eigenvalue weighted by Gasteiger charge is -2.10. The summed E-state index contributed by atoms with van der Waals surface area (Å²) in [5, 5.41) is 2.85. The fourth-order valence-electron chi connectivity index (χ4n) is 1.90. The van der Waals surface area contributed by atoms with Gasteiger partial charge in [-0.3, -0.25) is 4.79 Å². The van der Waals surface area contributed by atoms with Gasteiger partial charge in [0.1, 0.15) is 0 Å². The molecule has 1 heterocycles. The van der Waals surface area contributed by atoms with Crippen molar-refractivity contribution >= 4 is 21.8 Å². The number of furan rings is 1. The topological polar surface area (TPSA) is 51.5 Å². The van der Waals surface area contributed by atoms with Crippen molar-refractivity contribution in [2.75, 3.05) is 6.61 Å². The first-order valence-corrected chi connectivity index (χ1v) is 7.68. The molecule has 1 aromatic carbocycles. The fourth-order valence-corrected chi connectivity index (χ4v) is 2.20. The molecule has 0 atom stereocenters. The number of hydrogen-bond donors (Lipinski definition) is 1. The normalized spacial score (nSPS) is 10.6. The minimum Gasteiger partial charge on any atom is -0.444 e. The molecular weight excluding hydrogens is 334 g/mol. The van der Waals surface area contributed by atoms with Crippen LogP contribution in [0.25, 0.3) is 0 Å². The van der Waals surface area contributed by atoms with Crippen LogP contribution in [0.2, 0.25) is 0 Å². The minimum atomic E-state index is -0.232. The monoisotopic (exact) mass is 351 g/mol. The van der Waals surface area contributed by atoms with Gasteiger partial charge in [-0.05, 0) is 45.6 Å². The average molecular weight is 352 g/mol. The van der Waals surface area contributed by atoms with Gasteiger partial charge in [0, 0.05) is 13.2 Å². The van der Waals surface area contributed by atoms with Crippen LogP contribution in [0.1, 0.15) is 35.0 Å². The van der Waals surface area contributed by atoms with E-state index in [1.54, 1.807) is 12.1 Å². The molecule has 1 amide bonds. The van der Waals surface area contributed by atoms with Gasteiger partial charge in [-0.2, -0.15) is 0 Å². The molecule has 0 unspecified atom stereocenters. The zero-order chi connectivity index (χ0) is 15.1. The van der Waals surface area contributed by atoms with E-state index in [0.717, 1.165) is 24.2 Å². The number of ether oxygens (including phenoxy) is 1. The Morgan fingerprint density at radius 3 is 2.67 bits per heavy atom. The maximum Gasteiger partial charge on any atom is 0.287 e. The molecule has 0 saturated heterocycles. The molecule has 0 fully saturated rings. The van der Waals surface area contributed by atoms with Crippen LogP contribution in [0.5, 0.6) is 0 Å². The molecule has 0 spiro atoms. The van der Waals surface area contributed by atoms with E-state index in [4.69, 9.17) is 9.15 Å². The Hall–Kier alpha value is -1.59. The van der Waals surface area contributed by atoms with E-state index in [9.17, 15) is 4.79 Å². The number of benzene rings is 1. The zero-order valence-electron chi connectivity index (χ0n) is 11.9. The van der Waals surface area contributed by atoms with Gasteiger partial charge in [-0.15, -0.1) is 0 Å². The number of hydrogen-bond acceptors (Lipinski definition) is 3. The number of carbonyl (C=O) groups excluding carboxylic acids is 1. The standard InChI is InChI=1S/C16H18BrNO3/c1-2-9-20-11-13-6-4-3-5-12(13)10-18-16(19)14-7-8-15(17)21-14/h3-8H,2,9-11H2,1H3,(H,18,19). The molecule has 4 nitrogen and oxygen atoms in total. The molecule has 2 aromatic rings. The van der Waals surface area contributed by atoms with Crippen LogP contribution in [0.4, 0.5) is 0 Å². The molecule has 0 aliphatic heterocycles. The van der Waals surface area contributed by atoms with Crippen molar-refractivity contribution in [2.24, 2.45) is 0 Å². The highest BCUT2D eigenvalue weighted by molar-refractivity contribution is 9.10. The van der Waals surface area contributed by atoms with Crippen molar-refractivity contribution in [1.29, 1.82) is 0 Å². The average Bonchev–Trinajstić information content (AvgIpc) is 2.93. The molecule has 2 rings (SSSR count). The van der Waals surface area contributed by atoms with E-state index in [1.807, 2.05) is 24.3 Å². The van der Waals surface area contributed by atoms with Crippen LogP contribution in [0, 0.1) is 0 Å². The van der Waals surface area contributed by atoms with Crippen molar-refractivity contribution in [2.45, 2.75) is 26.5 Å². The summed E-state index contributed by atoms with van der Waals surface area (Å²) in [5.41, 5.74) is 2.14. The van der Waals surface area contributed by atoms with Crippen LogP contribution in [-0.2, 0) is 17.9 Å². The minimum absolute atomic E-state index is 0.232. The van der Waals surface area contributed by atoms with Gasteiger partial charge in [-0.25, -0.2) is 0 Å². The fraction of sp³-hybridized carbons (Fsp3) is 0.312. The maximum absolute atomic E-state index is 11.9. The first-order valence-electron chi connectivity index (χ1n) is 6.88. The Balaban J connectivity index is 1.94. The van der Waals surface area contributed by atoms with Gasteiger partial charge in [0.15, 0.2) is 10.4 Å². The zero-order valence-corrected chi connectivity index (χ0v) is 13.5. The summed E-state index contributed by atoms with van der Waals surface area (Å²) in [7, 11) is 0. The van der Waals surface area contributed by atoms with E-state index in [0.29, 0.717) is 23.6 Å². The second-order valence-electron chi connectivity index (χ2n) is 4.61. The lowest BCUT2D eigenvalue weighted by Crippen LogP contribution is -2.23. The van der Waals surface area contributed by atoms with Crippen LogP contribution < -0.4 is 5.32 Å². The van der Waals surface area contributed by atoms with Crippen LogP contribution in [0.15, 0.2) is 45.5 Å². The lowest BCUT2D eigenvalue weighted by atomic mass is 10.1. The molecule has 5 heteroatoms. The Morgan fingerprint density at radius 1 is 1.24 bits per heavy atom. The summed E-state index contributed by atoms with van der Waals surface area (Å²) in [4.78, 5) is 11.9. The van der Waals surface area contributed by atoms with Crippen molar-refractivity contribution < 1.29 is 13.9 Å². The van der Waals surface area contributed by atoms with E-state index < -0.39 is 0 Å². The molecule has 0 saturated carbocycles. The first kappa shape index (κ1) is 15.8. The number of amides is 1. The van der Waals surface area contributed by atoms with Crippen molar-refractivity contribution in [1.82, 2.24) is 5.32 Å². The van der Waals surface area contributed by atoms with E-state index >= 15 is 0 Å². The Morgan fingerprint density at radius 2 is 2.00 bits per heavy atom. The van der Waals surface area contributed by atoms with Crippen LogP contribution in [0.3, 0.4) is 0 Å². The van der Waals surface area contributed by atoms with Crippen LogP contribution >= 0.6 is 15.9 Å². The number of halogens is 1. The Kier molecular flexibility index (Phi) is 6.02. The summed E-state index contributed by atoms with van der Waals surface area (Å²) >= 11 is 3.18. The van der Waals surface area contributed by atoms with E-state index in [2.05, 4.69) is 28.2 Å². The quantitative estimate of drug-likeness (QED) is 0.769. The lowest BCUT2D eigenvalue weighted by molar-refractivity contribution is 0.0920. The third-order valence-electron chi connectivity index (χ3n) is 2.96. The largest absolute Gasteiger partial charge is 0.444 e. The number of nitrogens with one attached hydrogen (secondary N) is 1. The highest BCUT2D eigenvalue weighted by atomic mass is 79.9. The van der Waals surface area contributed by atoms with Crippen molar-refractivity contribution in [3.63, 3.8) is 0 Å². The molecule has 0 aliphatic carbocycles. The van der Waals surface area contributed by atoms with Gasteiger partial charge in [0.25, 0.3) is 5.91 Å². The second-order valence-corrected chi connectivity index (χ2v) is 5.39. The molecule has 112 valence electrons. The number of carbonyl (C=O) groups is 1. The molecule has 1 N–H and O–H groups in total. The van der Waals surface area contributed by atoms with Gasteiger partial charge in [0.05, 0.1) is 6.61 Å². The summed E-state index contributed by atoms with van der Waals surface area (Å²) in [6.45, 7) is 3.82. The smallest absolute Gasteiger partial charge is 0.287 e. The molecule has 21 heavy (non-hydrogen) atoms. The summed E-state index contributed by atoms with van der Waals surface area (Å²) in [6, 6.07) is 11.3. The molecule has 0 radical (unpaired) electrons. The highest BCUT2D eigenvalue weighted by Crippen LogP contribution is 2.14. The van der Waals surface area contributed by atoms with Gasteiger partial charge < -0.3 is 14.5 Å². The molecule has 1 aromatic heterocycles.